The van der Waals surface area contributed by atoms with Crippen LogP contribution in [-0.4, -0.2) is 28.3 Å². The Balaban J connectivity index is 1.68. The quantitative estimate of drug-likeness (QED) is 0.884. The summed E-state index contributed by atoms with van der Waals surface area (Å²) in [6.45, 7) is 3.71. The molecule has 0 bridgehead atoms. The third-order valence-electron chi connectivity index (χ3n) is 3.55. The molecule has 2 aromatic rings. The third-order valence-corrected chi connectivity index (χ3v) is 3.55. The van der Waals surface area contributed by atoms with Crippen LogP contribution in [0.4, 0.5) is 11.4 Å². The van der Waals surface area contributed by atoms with Crippen molar-refractivity contribution >= 4 is 11.4 Å². The van der Waals surface area contributed by atoms with Gasteiger partial charge in [-0.15, -0.1) is 10.2 Å². The third kappa shape index (κ3) is 2.38. The van der Waals surface area contributed by atoms with Crippen LogP contribution >= 0.6 is 0 Å². The fraction of sp³-hybridized carbons (Fsp3) is 0.462. The Morgan fingerprint density at radius 3 is 2.74 bits per heavy atom. The molecule has 0 radical (unpaired) electrons. The van der Waals surface area contributed by atoms with Crippen LogP contribution in [-0.2, 0) is 0 Å². The van der Waals surface area contributed by atoms with Crippen molar-refractivity contribution in [2.75, 3.05) is 23.7 Å². The van der Waals surface area contributed by atoms with Gasteiger partial charge in [-0.3, -0.25) is 4.98 Å². The average molecular weight is 259 g/mol. The Labute approximate surface area is 111 Å². The molecule has 6 heteroatoms. The smallest absolute Gasteiger partial charge is 0.219 e. The zero-order chi connectivity index (χ0) is 13.2. The number of nitrogen functional groups attached to an aromatic ring is 1. The molecule has 1 aliphatic rings. The van der Waals surface area contributed by atoms with E-state index in [1.54, 1.807) is 12.4 Å². The van der Waals surface area contributed by atoms with Gasteiger partial charge in [0.05, 0.1) is 17.6 Å². The summed E-state index contributed by atoms with van der Waals surface area (Å²) in [5.74, 6) is 1.76. The van der Waals surface area contributed by atoms with Crippen molar-refractivity contribution in [1.29, 1.82) is 0 Å². The summed E-state index contributed by atoms with van der Waals surface area (Å²) in [4.78, 5) is 6.31. The van der Waals surface area contributed by atoms with Gasteiger partial charge in [-0.2, -0.15) is 0 Å². The second kappa shape index (κ2) is 4.87. The zero-order valence-electron chi connectivity index (χ0n) is 10.9. The first kappa shape index (κ1) is 12.0. The van der Waals surface area contributed by atoms with Gasteiger partial charge >= 0.3 is 0 Å². The molecule has 0 saturated carbocycles. The maximum atomic E-state index is 5.96. The molecule has 3 rings (SSSR count). The highest BCUT2D eigenvalue weighted by Gasteiger charge is 2.25. The summed E-state index contributed by atoms with van der Waals surface area (Å²) < 4.78 is 5.51. The van der Waals surface area contributed by atoms with Crippen molar-refractivity contribution < 1.29 is 4.42 Å². The highest BCUT2D eigenvalue weighted by atomic mass is 16.4. The van der Waals surface area contributed by atoms with Crippen LogP contribution in [0.25, 0.3) is 0 Å². The largest absolute Gasteiger partial charge is 0.425 e. The Morgan fingerprint density at radius 2 is 2.11 bits per heavy atom. The van der Waals surface area contributed by atoms with Crippen LogP contribution in [0.5, 0.6) is 0 Å². The van der Waals surface area contributed by atoms with Crippen molar-refractivity contribution in [3.05, 3.63) is 30.2 Å². The lowest BCUT2D eigenvalue weighted by molar-refractivity contribution is 0.383. The van der Waals surface area contributed by atoms with Crippen LogP contribution in [0.3, 0.4) is 0 Å². The summed E-state index contributed by atoms with van der Waals surface area (Å²) in [5, 5.41) is 8.01. The van der Waals surface area contributed by atoms with Crippen molar-refractivity contribution in [2.45, 2.75) is 25.7 Å². The van der Waals surface area contributed by atoms with Gasteiger partial charge in [-0.05, 0) is 18.9 Å². The standard InChI is InChI=1S/C13H17N5O/c1-9-16-17-13(19-9)10-3-6-18(7-4-10)12-2-5-15-8-11(12)14/h2,5,8,10H,3-4,6-7,14H2,1H3. The lowest BCUT2D eigenvalue weighted by Gasteiger charge is -2.32. The van der Waals surface area contributed by atoms with Crippen molar-refractivity contribution in [3.8, 4) is 0 Å². The number of anilines is 2. The maximum absolute atomic E-state index is 5.96. The summed E-state index contributed by atoms with van der Waals surface area (Å²) in [7, 11) is 0. The van der Waals surface area contributed by atoms with E-state index in [1.165, 1.54) is 0 Å². The molecule has 0 aliphatic carbocycles. The van der Waals surface area contributed by atoms with Gasteiger partial charge < -0.3 is 15.1 Å². The van der Waals surface area contributed by atoms with Gasteiger partial charge in [0.2, 0.25) is 11.8 Å². The van der Waals surface area contributed by atoms with Crippen molar-refractivity contribution in [1.82, 2.24) is 15.2 Å². The summed E-state index contributed by atoms with van der Waals surface area (Å²) in [6.07, 6.45) is 5.48. The van der Waals surface area contributed by atoms with Gasteiger partial charge in [-0.25, -0.2) is 0 Å². The van der Waals surface area contributed by atoms with Gasteiger partial charge in [0.1, 0.15) is 0 Å². The minimum atomic E-state index is 0.362. The summed E-state index contributed by atoms with van der Waals surface area (Å²) in [5.41, 5.74) is 7.75. The molecule has 100 valence electrons. The van der Waals surface area contributed by atoms with Crippen LogP contribution in [0.15, 0.2) is 22.9 Å². The van der Waals surface area contributed by atoms with Gasteiger partial charge in [0.25, 0.3) is 0 Å². The molecule has 1 saturated heterocycles. The Kier molecular flexibility index (Phi) is 3.06. The van der Waals surface area contributed by atoms with Crippen molar-refractivity contribution in [3.63, 3.8) is 0 Å². The highest BCUT2D eigenvalue weighted by Crippen LogP contribution is 2.31. The molecular weight excluding hydrogens is 242 g/mol. The van der Waals surface area contributed by atoms with Gasteiger partial charge in [-0.1, -0.05) is 0 Å². The molecule has 2 N–H and O–H groups in total. The lowest BCUT2D eigenvalue weighted by atomic mass is 9.96. The van der Waals surface area contributed by atoms with E-state index in [0.29, 0.717) is 11.8 Å². The summed E-state index contributed by atoms with van der Waals surface area (Å²) >= 11 is 0. The number of pyridine rings is 1. The zero-order valence-corrected chi connectivity index (χ0v) is 10.9. The number of nitrogens with zero attached hydrogens (tertiary/aromatic N) is 4. The second-order valence-electron chi connectivity index (χ2n) is 4.86. The summed E-state index contributed by atoms with van der Waals surface area (Å²) in [6, 6.07) is 1.96. The van der Waals surface area contributed by atoms with E-state index in [9.17, 15) is 0 Å². The van der Waals surface area contributed by atoms with Gasteiger partial charge in [0.15, 0.2) is 0 Å². The molecule has 0 unspecified atom stereocenters. The molecule has 0 amide bonds. The second-order valence-corrected chi connectivity index (χ2v) is 4.86. The normalized spacial score (nSPS) is 16.8. The van der Waals surface area contributed by atoms with E-state index >= 15 is 0 Å². The Hall–Kier alpha value is -2.11. The number of piperidine rings is 1. The maximum Gasteiger partial charge on any atom is 0.219 e. The molecular formula is C13H17N5O. The average Bonchev–Trinajstić information content (AvgIpc) is 2.86. The monoisotopic (exact) mass is 259 g/mol. The van der Waals surface area contributed by atoms with Crippen LogP contribution < -0.4 is 10.6 Å². The number of hydrogen-bond donors (Lipinski definition) is 1. The molecule has 3 heterocycles. The van der Waals surface area contributed by atoms with E-state index in [2.05, 4.69) is 20.1 Å². The number of aryl methyl sites for hydroxylation is 1. The van der Waals surface area contributed by atoms with E-state index < -0.39 is 0 Å². The minimum absolute atomic E-state index is 0.362. The highest BCUT2D eigenvalue weighted by molar-refractivity contribution is 5.66. The first-order valence-corrected chi connectivity index (χ1v) is 6.48. The van der Waals surface area contributed by atoms with E-state index in [4.69, 9.17) is 10.2 Å². The number of rotatable bonds is 2. The molecule has 2 aromatic heterocycles. The Morgan fingerprint density at radius 1 is 1.32 bits per heavy atom. The fourth-order valence-electron chi connectivity index (χ4n) is 2.53. The first-order chi connectivity index (χ1) is 9.24. The first-order valence-electron chi connectivity index (χ1n) is 6.48. The predicted octanol–water partition coefficient (Wildman–Crippen LogP) is 1.74. The molecule has 6 nitrogen and oxygen atoms in total. The molecule has 0 aromatic carbocycles. The van der Waals surface area contributed by atoms with Gasteiger partial charge in [0, 0.05) is 32.1 Å². The van der Waals surface area contributed by atoms with E-state index in [0.717, 1.165) is 43.2 Å². The lowest BCUT2D eigenvalue weighted by Crippen LogP contribution is -2.33. The van der Waals surface area contributed by atoms with Crippen LogP contribution in [0.2, 0.25) is 0 Å². The molecule has 19 heavy (non-hydrogen) atoms. The number of hydrogen-bond acceptors (Lipinski definition) is 6. The van der Waals surface area contributed by atoms with Crippen LogP contribution in [0, 0.1) is 6.92 Å². The predicted molar refractivity (Wildman–Crippen MR) is 71.9 cm³/mol. The minimum Gasteiger partial charge on any atom is -0.425 e. The molecule has 1 aliphatic heterocycles. The Bertz CT molecular complexity index is 560. The SMILES string of the molecule is Cc1nnc(C2CCN(c3ccncc3N)CC2)o1. The molecule has 1 fully saturated rings. The molecule has 0 atom stereocenters. The van der Waals surface area contributed by atoms with Crippen molar-refractivity contribution in [2.24, 2.45) is 0 Å². The van der Waals surface area contributed by atoms with E-state index in [-0.39, 0.29) is 0 Å². The number of aromatic nitrogens is 3. The van der Waals surface area contributed by atoms with E-state index in [1.807, 2.05) is 13.0 Å². The molecule has 0 spiro atoms. The fourth-order valence-corrected chi connectivity index (χ4v) is 2.53. The van der Waals surface area contributed by atoms with Crippen LogP contribution in [0.1, 0.15) is 30.5 Å². The number of nitrogens with two attached hydrogens (primary N) is 1. The topological polar surface area (TPSA) is 81.1 Å².